The van der Waals surface area contributed by atoms with Crippen LogP contribution in [0, 0.1) is 58.2 Å². The Hall–Kier alpha value is -4.29. The van der Waals surface area contributed by atoms with Crippen molar-refractivity contribution in [2.45, 2.75) is 6.18 Å². The van der Waals surface area contributed by atoms with Crippen molar-refractivity contribution in [1.29, 1.82) is 0 Å². The molecule has 0 radical (unpaired) electrons. The quantitative estimate of drug-likeness (QED) is 0.111. The van der Waals surface area contributed by atoms with Gasteiger partial charge in [0, 0.05) is 17.2 Å². The van der Waals surface area contributed by atoms with Gasteiger partial charge in [-0.1, -0.05) is 24.3 Å². The van der Waals surface area contributed by atoms with Crippen molar-refractivity contribution in [3.05, 3.63) is 106 Å². The van der Waals surface area contributed by atoms with Crippen molar-refractivity contribution < 1.29 is 57.1 Å². The Bertz CT molecular complexity index is 1830. The molecule has 0 aliphatic carbocycles. The highest BCUT2D eigenvalue weighted by molar-refractivity contribution is 6.21. The second kappa shape index (κ2) is 9.14. The number of benzene rings is 5. The van der Waals surface area contributed by atoms with E-state index in [9.17, 15) is 48.3 Å². The molecule has 0 fully saturated rings. The highest BCUT2D eigenvalue weighted by Gasteiger charge is 2.43. The molecule has 206 valence electrons. The summed E-state index contributed by atoms with van der Waals surface area (Å²) in [5.74, 6) is -22.2. The van der Waals surface area contributed by atoms with Crippen molar-refractivity contribution in [2.75, 3.05) is 0 Å². The Morgan fingerprint density at radius 1 is 0.375 bits per heavy atom. The van der Waals surface area contributed by atoms with Gasteiger partial charge in [-0.15, -0.1) is 0 Å². The lowest BCUT2D eigenvalue weighted by Crippen LogP contribution is -2.16. The summed E-state index contributed by atoms with van der Waals surface area (Å²) in [5, 5.41) is -2.96. The molecular weight excluding hydrogens is 571 g/mol. The van der Waals surface area contributed by atoms with Crippen LogP contribution in [0.15, 0.2) is 42.5 Å². The maximum absolute atomic E-state index is 15.1. The van der Waals surface area contributed by atoms with Crippen LogP contribution in [0.4, 0.5) is 57.1 Å². The standard InChI is InChI=1S/C27H7F13/c28-12-5-10-11(6-13(12)29)17(19-23(34)25(36)20(27(38,39)40)26(37)24(19)35)9-4-2-1-3-8(9)16(10)18-21(32)14(30)7-15(31)22(18)33/h1-7H. The number of hydrogen-bond acceptors (Lipinski definition) is 0. The Kier molecular flexibility index (Phi) is 6.23. The van der Waals surface area contributed by atoms with E-state index in [4.69, 9.17) is 0 Å². The molecule has 13 heteroatoms. The summed E-state index contributed by atoms with van der Waals surface area (Å²) >= 11 is 0. The van der Waals surface area contributed by atoms with Crippen molar-refractivity contribution in [3.63, 3.8) is 0 Å². The van der Waals surface area contributed by atoms with Gasteiger partial charge >= 0.3 is 6.18 Å². The molecule has 0 saturated carbocycles. The summed E-state index contributed by atoms with van der Waals surface area (Å²) in [6, 6.07) is 4.36. The minimum atomic E-state index is -5.89. The van der Waals surface area contributed by atoms with Crippen LogP contribution in [0.2, 0.25) is 0 Å². The van der Waals surface area contributed by atoms with Crippen LogP contribution in [0.25, 0.3) is 43.8 Å². The molecule has 0 saturated heterocycles. The first kappa shape index (κ1) is 27.3. The summed E-state index contributed by atoms with van der Waals surface area (Å²) in [7, 11) is 0. The smallest absolute Gasteiger partial charge is 0.204 e. The molecule has 0 bridgehead atoms. The summed E-state index contributed by atoms with van der Waals surface area (Å²) in [5.41, 5.74) is -8.08. The third kappa shape index (κ3) is 3.86. The molecule has 0 unspecified atom stereocenters. The molecule has 5 aromatic carbocycles. The van der Waals surface area contributed by atoms with Crippen molar-refractivity contribution in [1.82, 2.24) is 0 Å². The van der Waals surface area contributed by atoms with Crippen molar-refractivity contribution in [2.24, 2.45) is 0 Å². The molecule has 0 aliphatic rings. The fourth-order valence-corrected chi connectivity index (χ4v) is 4.60. The molecule has 0 N–H and O–H groups in total. The molecular formula is C27H7F13. The maximum Gasteiger partial charge on any atom is 0.422 e. The zero-order valence-electron chi connectivity index (χ0n) is 19.0. The van der Waals surface area contributed by atoms with Gasteiger partial charge in [0.05, 0.1) is 11.1 Å². The van der Waals surface area contributed by atoms with Crippen LogP contribution >= 0.6 is 0 Å². The zero-order valence-corrected chi connectivity index (χ0v) is 19.0. The third-order valence-electron chi connectivity index (χ3n) is 6.22. The van der Waals surface area contributed by atoms with Crippen LogP contribution in [0.5, 0.6) is 0 Å². The van der Waals surface area contributed by atoms with Gasteiger partial charge in [-0.3, -0.25) is 0 Å². The van der Waals surface area contributed by atoms with Crippen LogP contribution in [0.1, 0.15) is 5.56 Å². The topological polar surface area (TPSA) is 0 Å². The second-order valence-corrected chi connectivity index (χ2v) is 8.45. The Morgan fingerprint density at radius 3 is 1.12 bits per heavy atom. The Labute approximate surface area is 213 Å². The average Bonchev–Trinajstić information content (AvgIpc) is 2.88. The monoisotopic (exact) mass is 578 g/mol. The summed E-state index contributed by atoms with van der Waals surface area (Å²) in [6.07, 6.45) is -5.89. The number of alkyl halides is 3. The van der Waals surface area contributed by atoms with E-state index < -0.39 is 114 Å². The van der Waals surface area contributed by atoms with Crippen LogP contribution in [0.3, 0.4) is 0 Å². The normalized spacial score (nSPS) is 12.1. The first-order valence-corrected chi connectivity index (χ1v) is 10.8. The maximum atomic E-state index is 15.1. The van der Waals surface area contributed by atoms with Gasteiger partial charge < -0.3 is 0 Å². The van der Waals surface area contributed by atoms with E-state index in [1.54, 1.807) is 0 Å². The van der Waals surface area contributed by atoms with E-state index in [0.717, 1.165) is 24.3 Å². The molecule has 5 rings (SSSR count). The summed E-state index contributed by atoms with van der Waals surface area (Å²) in [6.45, 7) is 0. The number of rotatable bonds is 2. The lowest BCUT2D eigenvalue weighted by molar-refractivity contribution is -0.143. The average molecular weight is 578 g/mol. The van der Waals surface area contributed by atoms with E-state index >= 15 is 8.78 Å². The molecule has 0 spiro atoms. The van der Waals surface area contributed by atoms with E-state index in [2.05, 4.69) is 0 Å². The first-order chi connectivity index (χ1) is 18.7. The fourth-order valence-electron chi connectivity index (χ4n) is 4.60. The van der Waals surface area contributed by atoms with E-state index in [1.807, 2.05) is 0 Å². The predicted octanol–water partition coefficient (Wildman–Crippen LogP) is 9.74. The van der Waals surface area contributed by atoms with E-state index in [0.29, 0.717) is 0 Å². The number of fused-ring (bicyclic) bond motifs is 2. The van der Waals surface area contributed by atoms with Crippen molar-refractivity contribution >= 4 is 21.5 Å². The molecule has 5 aromatic rings. The minimum Gasteiger partial charge on any atom is -0.204 e. The Morgan fingerprint density at radius 2 is 0.750 bits per heavy atom. The minimum absolute atomic E-state index is 0.147. The van der Waals surface area contributed by atoms with Gasteiger partial charge in [-0.2, -0.15) is 13.2 Å². The molecule has 40 heavy (non-hydrogen) atoms. The molecule has 0 nitrogen and oxygen atoms in total. The molecule has 0 heterocycles. The largest absolute Gasteiger partial charge is 0.422 e. The Balaban J connectivity index is 2.10. The van der Waals surface area contributed by atoms with E-state index in [1.165, 1.54) is 0 Å². The van der Waals surface area contributed by atoms with Gasteiger partial charge in [-0.05, 0) is 33.7 Å². The van der Waals surface area contributed by atoms with Crippen LogP contribution in [-0.2, 0) is 6.18 Å². The molecule has 0 atom stereocenters. The van der Waals surface area contributed by atoms with Gasteiger partial charge in [0.15, 0.2) is 58.2 Å². The van der Waals surface area contributed by atoms with Crippen molar-refractivity contribution in [3.8, 4) is 22.3 Å². The van der Waals surface area contributed by atoms with Gasteiger partial charge in [-0.25, -0.2) is 43.9 Å². The highest BCUT2D eigenvalue weighted by Crippen LogP contribution is 2.48. The highest BCUT2D eigenvalue weighted by atomic mass is 19.4. The van der Waals surface area contributed by atoms with Gasteiger partial charge in [0.25, 0.3) is 0 Å². The molecule has 0 amide bonds. The summed E-state index contributed by atoms with van der Waals surface area (Å²) < 4.78 is 186. The second-order valence-electron chi connectivity index (χ2n) is 8.45. The number of hydrogen-bond donors (Lipinski definition) is 0. The lowest BCUT2D eigenvalue weighted by Gasteiger charge is -2.20. The number of halogens is 13. The van der Waals surface area contributed by atoms with Crippen LogP contribution in [-0.4, -0.2) is 0 Å². The SMILES string of the molecule is Fc1cc2c(-c3c(F)c(F)cc(F)c3F)c3ccccc3c(-c3c(F)c(F)c(C(F)(F)F)c(F)c3F)c2cc1F. The lowest BCUT2D eigenvalue weighted by atomic mass is 9.84. The third-order valence-corrected chi connectivity index (χ3v) is 6.22. The first-order valence-electron chi connectivity index (χ1n) is 10.8. The summed E-state index contributed by atoms with van der Waals surface area (Å²) in [4.78, 5) is 0. The van der Waals surface area contributed by atoms with Gasteiger partial charge in [0.2, 0.25) is 0 Å². The molecule has 0 aromatic heterocycles. The van der Waals surface area contributed by atoms with Crippen LogP contribution < -0.4 is 0 Å². The molecule has 0 aliphatic heterocycles. The zero-order chi connectivity index (χ0) is 29.4. The van der Waals surface area contributed by atoms with Gasteiger partial charge in [0.1, 0.15) is 5.56 Å². The predicted molar refractivity (Wildman–Crippen MR) is 117 cm³/mol. The fraction of sp³-hybridized carbons (Fsp3) is 0.0370. The van der Waals surface area contributed by atoms with E-state index in [-0.39, 0.29) is 18.2 Å².